The molecule has 2 rings (SSSR count). The fraction of sp³-hybridized carbons (Fsp3) is 0.588. The van der Waals surface area contributed by atoms with Crippen LogP contribution in [0.25, 0.3) is 0 Å². The van der Waals surface area contributed by atoms with E-state index >= 15 is 0 Å². The van der Waals surface area contributed by atoms with E-state index in [1.807, 2.05) is 14.1 Å². The van der Waals surface area contributed by atoms with Crippen LogP contribution in [-0.2, 0) is 4.79 Å². The van der Waals surface area contributed by atoms with Gasteiger partial charge in [-0.3, -0.25) is 4.79 Å². The number of aliphatic hydroxyl groups is 1. The molecule has 1 aliphatic carbocycles. The topological polar surface area (TPSA) is 52.6 Å². The number of amides is 1. The molecular formula is C17H26N2O2. The lowest BCUT2D eigenvalue weighted by Gasteiger charge is -2.25. The molecule has 0 saturated heterocycles. The molecule has 4 heteroatoms. The average molecular weight is 290 g/mol. The molecule has 4 nitrogen and oxygen atoms in total. The number of nitrogens with one attached hydrogen (secondary N) is 1. The Hall–Kier alpha value is -1.39. The van der Waals surface area contributed by atoms with Crippen molar-refractivity contribution in [2.45, 2.75) is 38.3 Å². The first-order chi connectivity index (χ1) is 9.97. The number of carbonyl (C=O) groups is 1. The van der Waals surface area contributed by atoms with E-state index in [-0.39, 0.29) is 18.4 Å². The molecule has 0 bridgehead atoms. The molecule has 1 aromatic rings. The van der Waals surface area contributed by atoms with E-state index in [0.29, 0.717) is 12.5 Å². The van der Waals surface area contributed by atoms with Crippen molar-refractivity contribution in [1.29, 1.82) is 0 Å². The number of benzene rings is 1. The zero-order valence-corrected chi connectivity index (χ0v) is 13.2. The number of nitrogens with zero attached hydrogens (tertiary/aromatic N) is 1. The maximum atomic E-state index is 11.9. The van der Waals surface area contributed by atoms with Crippen molar-refractivity contribution in [2.75, 3.05) is 20.6 Å². The van der Waals surface area contributed by atoms with E-state index in [0.717, 1.165) is 12.8 Å². The van der Waals surface area contributed by atoms with Crippen LogP contribution in [0.1, 0.15) is 36.4 Å². The summed E-state index contributed by atoms with van der Waals surface area (Å²) in [6.45, 7) is 2.63. The summed E-state index contributed by atoms with van der Waals surface area (Å²) in [4.78, 5) is 14.0. The minimum absolute atomic E-state index is 0.0617. The van der Waals surface area contributed by atoms with Crippen molar-refractivity contribution in [3.63, 3.8) is 0 Å². The van der Waals surface area contributed by atoms with E-state index in [4.69, 9.17) is 0 Å². The Morgan fingerprint density at radius 1 is 1.33 bits per heavy atom. The zero-order chi connectivity index (χ0) is 15.4. The van der Waals surface area contributed by atoms with Crippen LogP contribution < -0.4 is 5.32 Å². The van der Waals surface area contributed by atoms with Gasteiger partial charge in [0.15, 0.2) is 0 Å². The smallest absolute Gasteiger partial charge is 0.222 e. The third-order valence-corrected chi connectivity index (χ3v) is 4.14. The number of rotatable bonds is 7. The second-order valence-electron chi connectivity index (χ2n) is 6.30. The van der Waals surface area contributed by atoms with Crippen molar-refractivity contribution in [3.05, 3.63) is 35.4 Å². The van der Waals surface area contributed by atoms with Crippen LogP contribution in [0.5, 0.6) is 0 Å². The number of aryl methyl sites for hydroxylation is 1. The lowest BCUT2D eigenvalue weighted by Crippen LogP contribution is -2.36. The highest BCUT2D eigenvalue weighted by Gasteiger charge is 2.31. The summed E-state index contributed by atoms with van der Waals surface area (Å²) >= 11 is 0. The molecule has 0 aliphatic heterocycles. The van der Waals surface area contributed by atoms with Crippen LogP contribution in [0.2, 0.25) is 0 Å². The molecule has 1 aliphatic rings. The van der Waals surface area contributed by atoms with Crippen molar-refractivity contribution in [2.24, 2.45) is 5.92 Å². The SMILES string of the molecule is Cc1ccc(C(CNC(=O)CC(O)C2CC2)N(C)C)cc1. The Bertz CT molecular complexity index is 466. The van der Waals surface area contributed by atoms with Gasteiger partial charge in [0.05, 0.1) is 18.6 Å². The van der Waals surface area contributed by atoms with Crippen LogP contribution in [0.3, 0.4) is 0 Å². The van der Waals surface area contributed by atoms with Gasteiger partial charge >= 0.3 is 0 Å². The maximum Gasteiger partial charge on any atom is 0.222 e. The summed E-state index contributed by atoms with van der Waals surface area (Å²) in [5.41, 5.74) is 2.42. The molecule has 0 aromatic heterocycles. The molecule has 2 unspecified atom stereocenters. The fourth-order valence-electron chi connectivity index (χ4n) is 2.51. The highest BCUT2D eigenvalue weighted by atomic mass is 16.3. The number of hydrogen-bond donors (Lipinski definition) is 2. The van der Waals surface area contributed by atoms with Gasteiger partial charge < -0.3 is 15.3 Å². The van der Waals surface area contributed by atoms with E-state index in [1.54, 1.807) is 0 Å². The van der Waals surface area contributed by atoms with E-state index in [1.165, 1.54) is 11.1 Å². The molecule has 1 amide bonds. The Morgan fingerprint density at radius 2 is 1.95 bits per heavy atom. The predicted octanol–water partition coefficient (Wildman–Crippen LogP) is 1.87. The van der Waals surface area contributed by atoms with Crippen LogP contribution in [0.4, 0.5) is 0 Å². The monoisotopic (exact) mass is 290 g/mol. The summed E-state index contributed by atoms with van der Waals surface area (Å²) in [6.07, 6.45) is 1.86. The van der Waals surface area contributed by atoms with E-state index in [9.17, 15) is 9.90 Å². The highest BCUT2D eigenvalue weighted by molar-refractivity contribution is 5.76. The fourth-order valence-corrected chi connectivity index (χ4v) is 2.51. The van der Waals surface area contributed by atoms with Crippen molar-refractivity contribution >= 4 is 5.91 Å². The molecule has 1 saturated carbocycles. The number of likely N-dealkylation sites (N-methyl/N-ethyl adjacent to an activating group) is 1. The first kappa shape index (κ1) is 16.0. The summed E-state index contributed by atoms with van der Waals surface area (Å²) < 4.78 is 0. The first-order valence-corrected chi connectivity index (χ1v) is 7.65. The van der Waals surface area contributed by atoms with Gasteiger partial charge in [-0.2, -0.15) is 0 Å². The molecule has 0 heterocycles. The van der Waals surface area contributed by atoms with Crippen molar-refractivity contribution in [3.8, 4) is 0 Å². The lowest BCUT2D eigenvalue weighted by atomic mass is 10.0. The number of aliphatic hydroxyl groups excluding tert-OH is 1. The van der Waals surface area contributed by atoms with Crippen LogP contribution >= 0.6 is 0 Å². The lowest BCUT2D eigenvalue weighted by molar-refractivity contribution is -0.123. The molecule has 0 spiro atoms. The summed E-state index contributed by atoms with van der Waals surface area (Å²) in [7, 11) is 4.02. The van der Waals surface area contributed by atoms with Crippen LogP contribution in [-0.4, -0.2) is 42.7 Å². The van der Waals surface area contributed by atoms with Gasteiger partial charge in [-0.15, -0.1) is 0 Å². The standard InChI is InChI=1S/C17H26N2O2/c1-12-4-6-13(7-5-12)15(19(2)3)11-18-17(21)10-16(20)14-8-9-14/h4-7,14-16,20H,8-11H2,1-3H3,(H,18,21). The maximum absolute atomic E-state index is 11.9. The molecule has 116 valence electrons. The average Bonchev–Trinajstić information content (AvgIpc) is 3.25. The Labute approximate surface area is 127 Å². The number of carbonyl (C=O) groups excluding carboxylic acids is 1. The van der Waals surface area contributed by atoms with Gasteiger partial charge in [0.2, 0.25) is 5.91 Å². The quantitative estimate of drug-likeness (QED) is 0.806. The Balaban J connectivity index is 1.87. The third-order valence-electron chi connectivity index (χ3n) is 4.14. The summed E-state index contributed by atoms with van der Waals surface area (Å²) in [5, 5.41) is 12.8. The summed E-state index contributed by atoms with van der Waals surface area (Å²) in [5.74, 6) is 0.283. The largest absolute Gasteiger partial charge is 0.392 e. The predicted molar refractivity (Wildman–Crippen MR) is 84.0 cm³/mol. The number of hydrogen-bond acceptors (Lipinski definition) is 3. The normalized spacial score (nSPS) is 17.6. The van der Waals surface area contributed by atoms with Crippen molar-refractivity contribution < 1.29 is 9.90 Å². The minimum Gasteiger partial charge on any atom is -0.392 e. The second kappa shape index (κ2) is 7.05. The van der Waals surface area contributed by atoms with Gasteiger partial charge in [-0.1, -0.05) is 29.8 Å². The summed E-state index contributed by atoms with van der Waals surface area (Å²) in [6, 6.07) is 8.53. The van der Waals surface area contributed by atoms with Gasteiger partial charge in [0, 0.05) is 6.54 Å². The van der Waals surface area contributed by atoms with E-state index in [2.05, 4.69) is 41.4 Å². The molecule has 21 heavy (non-hydrogen) atoms. The molecule has 2 N–H and O–H groups in total. The van der Waals surface area contributed by atoms with Crippen LogP contribution in [0.15, 0.2) is 24.3 Å². The minimum atomic E-state index is -0.470. The van der Waals surface area contributed by atoms with Gasteiger partial charge in [0.25, 0.3) is 0 Å². The van der Waals surface area contributed by atoms with Gasteiger partial charge in [-0.05, 0) is 45.3 Å². The van der Waals surface area contributed by atoms with Crippen molar-refractivity contribution in [1.82, 2.24) is 10.2 Å². The Kier molecular flexibility index (Phi) is 5.37. The van der Waals surface area contributed by atoms with E-state index < -0.39 is 6.10 Å². The van der Waals surface area contributed by atoms with Gasteiger partial charge in [0.1, 0.15) is 0 Å². The van der Waals surface area contributed by atoms with Crippen LogP contribution in [0, 0.1) is 12.8 Å². The molecular weight excluding hydrogens is 264 g/mol. The second-order valence-corrected chi connectivity index (χ2v) is 6.30. The van der Waals surface area contributed by atoms with Gasteiger partial charge in [-0.25, -0.2) is 0 Å². The highest BCUT2D eigenvalue weighted by Crippen LogP contribution is 2.33. The molecule has 2 atom stereocenters. The zero-order valence-electron chi connectivity index (χ0n) is 13.2. The Morgan fingerprint density at radius 3 is 2.48 bits per heavy atom. The molecule has 0 radical (unpaired) electrons. The first-order valence-electron chi connectivity index (χ1n) is 7.65. The molecule has 1 fully saturated rings. The molecule has 1 aromatic carbocycles. The third kappa shape index (κ3) is 4.83.